The van der Waals surface area contributed by atoms with E-state index in [9.17, 15) is 9.59 Å². The van der Waals surface area contributed by atoms with Gasteiger partial charge in [-0.3, -0.25) is 9.59 Å². The molecule has 1 atom stereocenters. The van der Waals surface area contributed by atoms with Crippen LogP contribution in [0.2, 0.25) is 0 Å². The van der Waals surface area contributed by atoms with Gasteiger partial charge < -0.3 is 14.6 Å². The molecule has 3 rings (SSSR count). The molecule has 0 saturated heterocycles. The van der Waals surface area contributed by atoms with E-state index in [2.05, 4.69) is 0 Å². The zero-order valence-corrected chi connectivity index (χ0v) is 15.5. The van der Waals surface area contributed by atoms with Crippen LogP contribution in [0.4, 0.5) is 0 Å². The predicted octanol–water partition coefficient (Wildman–Crippen LogP) is 3.26. The number of nitrogens with zero attached hydrogens (tertiary/aromatic N) is 3. The summed E-state index contributed by atoms with van der Waals surface area (Å²) in [6.45, 7) is 2.03. The fraction of sp³-hybridized carbons (Fsp3) is 0.550. The standard InChI is InChI=1S/C20H27N3O3/c1-14(20(25)26)12-22(2)18(24)13-23-17-11-7-6-10-16(17)21-19(23)15-8-4-3-5-9-15/h6-7,10-11,14-15H,3-5,8-9,12-13H2,1-2H3,(H,25,26). The van der Waals surface area contributed by atoms with E-state index in [0.717, 1.165) is 29.7 Å². The molecule has 1 fully saturated rings. The molecular formula is C20H27N3O3. The van der Waals surface area contributed by atoms with Crippen molar-refractivity contribution in [2.24, 2.45) is 5.92 Å². The largest absolute Gasteiger partial charge is 0.481 e. The molecule has 0 aliphatic heterocycles. The summed E-state index contributed by atoms with van der Waals surface area (Å²) in [7, 11) is 1.67. The Balaban J connectivity index is 1.85. The van der Waals surface area contributed by atoms with E-state index in [1.807, 2.05) is 28.8 Å². The van der Waals surface area contributed by atoms with Crippen molar-refractivity contribution in [2.75, 3.05) is 13.6 Å². The Morgan fingerprint density at radius 1 is 1.27 bits per heavy atom. The van der Waals surface area contributed by atoms with E-state index in [1.165, 1.54) is 24.2 Å². The number of aromatic nitrogens is 2. The minimum Gasteiger partial charge on any atom is -0.481 e. The van der Waals surface area contributed by atoms with Crippen molar-refractivity contribution in [1.82, 2.24) is 14.5 Å². The van der Waals surface area contributed by atoms with Crippen molar-refractivity contribution in [3.05, 3.63) is 30.1 Å². The van der Waals surface area contributed by atoms with E-state index in [1.54, 1.807) is 14.0 Å². The lowest BCUT2D eigenvalue weighted by atomic mass is 9.88. The van der Waals surface area contributed by atoms with E-state index in [-0.39, 0.29) is 19.0 Å². The molecule has 0 radical (unpaired) electrons. The fourth-order valence-corrected chi connectivity index (χ4v) is 3.78. The van der Waals surface area contributed by atoms with Crippen LogP contribution in [0.1, 0.15) is 50.8 Å². The number of amides is 1. The second-order valence-corrected chi connectivity index (χ2v) is 7.39. The van der Waals surface area contributed by atoms with E-state index in [4.69, 9.17) is 10.1 Å². The summed E-state index contributed by atoms with van der Waals surface area (Å²) in [6, 6.07) is 7.92. The highest BCUT2D eigenvalue weighted by Crippen LogP contribution is 2.33. The van der Waals surface area contributed by atoms with E-state index < -0.39 is 11.9 Å². The van der Waals surface area contributed by atoms with E-state index >= 15 is 0 Å². The normalized spacial score (nSPS) is 16.5. The van der Waals surface area contributed by atoms with Crippen LogP contribution in [0.5, 0.6) is 0 Å². The maximum absolute atomic E-state index is 12.7. The van der Waals surface area contributed by atoms with Crippen molar-refractivity contribution < 1.29 is 14.7 Å². The highest BCUT2D eigenvalue weighted by molar-refractivity contribution is 5.81. The first-order valence-electron chi connectivity index (χ1n) is 9.39. The Bertz CT molecular complexity index is 793. The lowest BCUT2D eigenvalue weighted by Crippen LogP contribution is -2.36. The molecule has 1 aliphatic rings. The Morgan fingerprint density at radius 2 is 1.96 bits per heavy atom. The van der Waals surface area contributed by atoms with Crippen LogP contribution in [0.15, 0.2) is 24.3 Å². The number of hydrogen-bond donors (Lipinski definition) is 1. The van der Waals surface area contributed by atoms with Crippen molar-refractivity contribution in [3.8, 4) is 0 Å². The molecule has 1 N–H and O–H groups in total. The van der Waals surface area contributed by atoms with Gasteiger partial charge >= 0.3 is 5.97 Å². The lowest BCUT2D eigenvalue weighted by Gasteiger charge is -2.24. The first kappa shape index (κ1) is 18.4. The van der Waals surface area contributed by atoms with Gasteiger partial charge in [0.05, 0.1) is 17.0 Å². The number of carboxylic acids is 1. The van der Waals surface area contributed by atoms with Gasteiger partial charge in [-0.25, -0.2) is 4.98 Å². The topological polar surface area (TPSA) is 75.4 Å². The van der Waals surface area contributed by atoms with Gasteiger partial charge in [-0.1, -0.05) is 38.3 Å². The van der Waals surface area contributed by atoms with Crippen LogP contribution in [-0.4, -0.2) is 45.0 Å². The molecule has 1 amide bonds. The van der Waals surface area contributed by atoms with Gasteiger partial charge in [-0.15, -0.1) is 0 Å². The molecule has 6 heteroatoms. The van der Waals surface area contributed by atoms with Gasteiger partial charge in [0.1, 0.15) is 12.4 Å². The van der Waals surface area contributed by atoms with Crippen molar-refractivity contribution in [2.45, 2.75) is 51.5 Å². The van der Waals surface area contributed by atoms with Crippen LogP contribution < -0.4 is 0 Å². The third-order valence-corrected chi connectivity index (χ3v) is 5.34. The number of fused-ring (bicyclic) bond motifs is 1. The summed E-state index contributed by atoms with van der Waals surface area (Å²) in [5.41, 5.74) is 1.89. The number of hydrogen-bond acceptors (Lipinski definition) is 3. The number of rotatable bonds is 6. The van der Waals surface area contributed by atoms with Crippen molar-refractivity contribution >= 4 is 22.9 Å². The number of imidazole rings is 1. The molecule has 26 heavy (non-hydrogen) atoms. The predicted molar refractivity (Wildman–Crippen MR) is 100.0 cm³/mol. The molecular weight excluding hydrogens is 330 g/mol. The highest BCUT2D eigenvalue weighted by atomic mass is 16.4. The SMILES string of the molecule is CC(CN(C)C(=O)Cn1c(C2CCCCC2)nc2ccccc21)C(=O)O. The molecule has 2 aromatic rings. The van der Waals surface area contributed by atoms with Gasteiger partial charge in [0.25, 0.3) is 0 Å². The maximum atomic E-state index is 12.7. The fourth-order valence-electron chi connectivity index (χ4n) is 3.78. The second kappa shape index (κ2) is 7.89. The first-order valence-corrected chi connectivity index (χ1v) is 9.39. The summed E-state index contributed by atoms with van der Waals surface area (Å²) in [5.74, 6) is -0.161. The Morgan fingerprint density at radius 3 is 2.65 bits per heavy atom. The minimum atomic E-state index is -0.888. The number of para-hydroxylation sites is 2. The molecule has 140 valence electrons. The Labute approximate surface area is 153 Å². The second-order valence-electron chi connectivity index (χ2n) is 7.39. The lowest BCUT2D eigenvalue weighted by molar-refractivity contribution is -0.142. The van der Waals surface area contributed by atoms with Crippen LogP contribution in [0.3, 0.4) is 0 Å². The molecule has 1 aromatic heterocycles. The van der Waals surface area contributed by atoms with Crippen LogP contribution in [-0.2, 0) is 16.1 Å². The summed E-state index contributed by atoms with van der Waals surface area (Å²) in [6.07, 6.45) is 5.91. The maximum Gasteiger partial charge on any atom is 0.308 e. The number of benzene rings is 1. The summed E-state index contributed by atoms with van der Waals surface area (Å²) in [4.78, 5) is 30.1. The van der Waals surface area contributed by atoms with Gasteiger partial charge in [-0.2, -0.15) is 0 Å². The van der Waals surface area contributed by atoms with Gasteiger partial charge in [0.2, 0.25) is 5.91 Å². The zero-order chi connectivity index (χ0) is 18.7. The summed E-state index contributed by atoms with van der Waals surface area (Å²) < 4.78 is 2.04. The molecule has 1 heterocycles. The van der Waals surface area contributed by atoms with E-state index in [0.29, 0.717) is 5.92 Å². The molecule has 6 nitrogen and oxygen atoms in total. The number of carbonyl (C=O) groups excluding carboxylic acids is 1. The average Bonchev–Trinajstić information content (AvgIpc) is 3.01. The summed E-state index contributed by atoms with van der Waals surface area (Å²) in [5, 5.41) is 9.07. The zero-order valence-electron chi connectivity index (χ0n) is 15.5. The molecule has 1 saturated carbocycles. The van der Waals surface area contributed by atoms with Gasteiger partial charge in [0, 0.05) is 19.5 Å². The van der Waals surface area contributed by atoms with Crippen molar-refractivity contribution in [1.29, 1.82) is 0 Å². The number of carbonyl (C=O) groups is 2. The minimum absolute atomic E-state index is 0.0849. The number of likely N-dealkylation sites (N-methyl/N-ethyl adjacent to an activating group) is 1. The Hall–Kier alpha value is -2.37. The molecule has 1 aliphatic carbocycles. The molecule has 0 bridgehead atoms. The number of carboxylic acid groups (broad SMARTS) is 1. The highest BCUT2D eigenvalue weighted by Gasteiger charge is 2.25. The third kappa shape index (κ3) is 3.89. The van der Waals surface area contributed by atoms with Crippen LogP contribution in [0.25, 0.3) is 11.0 Å². The van der Waals surface area contributed by atoms with Crippen molar-refractivity contribution in [3.63, 3.8) is 0 Å². The van der Waals surface area contributed by atoms with Gasteiger partial charge in [0.15, 0.2) is 0 Å². The Kier molecular flexibility index (Phi) is 5.59. The monoisotopic (exact) mass is 357 g/mol. The summed E-state index contributed by atoms with van der Waals surface area (Å²) >= 11 is 0. The number of aliphatic carboxylic acids is 1. The molecule has 1 unspecified atom stereocenters. The molecule has 1 aromatic carbocycles. The smallest absolute Gasteiger partial charge is 0.308 e. The third-order valence-electron chi connectivity index (χ3n) is 5.34. The quantitative estimate of drug-likeness (QED) is 0.861. The molecule has 0 spiro atoms. The van der Waals surface area contributed by atoms with Crippen LogP contribution in [0, 0.1) is 5.92 Å². The van der Waals surface area contributed by atoms with Gasteiger partial charge in [-0.05, 0) is 25.0 Å². The average molecular weight is 357 g/mol. The van der Waals surface area contributed by atoms with Crippen LogP contribution >= 0.6 is 0 Å². The first-order chi connectivity index (χ1) is 12.5.